The van der Waals surface area contributed by atoms with E-state index in [4.69, 9.17) is 0 Å². The Balaban J connectivity index is 1.71. The first kappa shape index (κ1) is 16.6. The zero-order valence-electron chi connectivity index (χ0n) is 13.0. The monoisotopic (exact) mass is 344 g/mol. The number of halogens is 2. The number of nitrogens with one attached hydrogen (secondary N) is 3. The fourth-order valence-electron chi connectivity index (χ4n) is 2.36. The summed E-state index contributed by atoms with van der Waals surface area (Å²) in [4.78, 5) is 24.3. The van der Waals surface area contributed by atoms with Crippen LogP contribution in [0.5, 0.6) is 0 Å². The SMILES string of the molecule is O=C(NCC1=CC=CC1)c1n[nH]cc1NC(=O)c1c(F)cccc1F. The second-order valence-corrected chi connectivity index (χ2v) is 5.34. The van der Waals surface area contributed by atoms with Crippen molar-refractivity contribution in [3.05, 3.63) is 71.1 Å². The number of hydrogen-bond donors (Lipinski definition) is 3. The molecule has 3 rings (SSSR count). The molecule has 3 N–H and O–H groups in total. The lowest BCUT2D eigenvalue weighted by molar-refractivity contribution is 0.0952. The van der Waals surface area contributed by atoms with Crippen molar-refractivity contribution in [2.45, 2.75) is 6.42 Å². The first-order chi connectivity index (χ1) is 12.1. The standard InChI is InChI=1S/C17H14F2N4O2/c18-11-6-3-7-12(19)14(11)16(24)22-13-9-21-23-15(13)17(25)20-8-10-4-1-2-5-10/h1-4,6-7,9H,5,8H2,(H,20,25)(H,21,23)(H,22,24). The van der Waals surface area contributed by atoms with Crippen LogP contribution in [0.1, 0.15) is 27.3 Å². The topological polar surface area (TPSA) is 86.9 Å². The number of rotatable bonds is 5. The Hall–Kier alpha value is -3.29. The van der Waals surface area contributed by atoms with Crippen molar-refractivity contribution in [1.82, 2.24) is 15.5 Å². The van der Waals surface area contributed by atoms with E-state index in [1.54, 1.807) is 0 Å². The maximum absolute atomic E-state index is 13.7. The third kappa shape index (κ3) is 3.63. The minimum absolute atomic E-state index is 0.0312. The molecule has 0 unspecified atom stereocenters. The van der Waals surface area contributed by atoms with Crippen LogP contribution in [0.3, 0.4) is 0 Å². The number of allylic oxidation sites excluding steroid dienone is 3. The van der Waals surface area contributed by atoms with Gasteiger partial charge in [-0.15, -0.1) is 0 Å². The van der Waals surface area contributed by atoms with Gasteiger partial charge in [-0.2, -0.15) is 5.10 Å². The van der Waals surface area contributed by atoms with Gasteiger partial charge in [-0.25, -0.2) is 8.78 Å². The smallest absolute Gasteiger partial charge is 0.274 e. The van der Waals surface area contributed by atoms with Gasteiger partial charge in [0.05, 0.1) is 5.69 Å². The molecule has 0 radical (unpaired) electrons. The third-order valence-electron chi connectivity index (χ3n) is 3.62. The van der Waals surface area contributed by atoms with Gasteiger partial charge in [0.2, 0.25) is 0 Å². The van der Waals surface area contributed by atoms with E-state index in [0.29, 0.717) is 6.54 Å². The van der Waals surface area contributed by atoms with Crippen molar-refractivity contribution in [1.29, 1.82) is 0 Å². The molecule has 0 saturated heterocycles. The van der Waals surface area contributed by atoms with Gasteiger partial charge in [-0.05, 0) is 24.1 Å². The summed E-state index contributed by atoms with van der Waals surface area (Å²) in [7, 11) is 0. The minimum atomic E-state index is -1.01. The molecule has 0 saturated carbocycles. The van der Waals surface area contributed by atoms with Crippen LogP contribution in [0.25, 0.3) is 0 Å². The average Bonchev–Trinajstić information content (AvgIpc) is 3.24. The molecule has 8 heteroatoms. The Kier molecular flexibility index (Phi) is 4.69. The minimum Gasteiger partial charge on any atom is -0.347 e. The summed E-state index contributed by atoms with van der Waals surface area (Å²) in [5.41, 5.74) is 0.264. The van der Waals surface area contributed by atoms with Crippen LogP contribution in [0.2, 0.25) is 0 Å². The highest BCUT2D eigenvalue weighted by Gasteiger charge is 2.21. The van der Waals surface area contributed by atoms with Crippen molar-refractivity contribution < 1.29 is 18.4 Å². The summed E-state index contributed by atoms with van der Waals surface area (Å²) in [6.45, 7) is 0.341. The van der Waals surface area contributed by atoms with E-state index in [9.17, 15) is 18.4 Å². The Morgan fingerprint density at radius 1 is 1.20 bits per heavy atom. The second-order valence-electron chi connectivity index (χ2n) is 5.34. The number of benzene rings is 1. The van der Waals surface area contributed by atoms with Gasteiger partial charge in [0.1, 0.15) is 17.2 Å². The highest BCUT2D eigenvalue weighted by molar-refractivity contribution is 6.08. The molecule has 1 heterocycles. The molecular formula is C17H14F2N4O2. The lowest BCUT2D eigenvalue weighted by atomic mass is 10.2. The van der Waals surface area contributed by atoms with E-state index in [-0.39, 0.29) is 11.4 Å². The third-order valence-corrected chi connectivity index (χ3v) is 3.62. The Morgan fingerprint density at radius 2 is 1.96 bits per heavy atom. The van der Waals surface area contributed by atoms with Crippen LogP contribution in [0.15, 0.2) is 48.2 Å². The van der Waals surface area contributed by atoms with Gasteiger partial charge in [0, 0.05) is 12.7 Å². The molecule has 1 aliphatic carbocycles. The van der Waals surface area contributed by atoms with Gasteiger partial charge in [0.15, 0.2) is 5.69 Å². The molecule has 1 aromatic carbocycles. The molecule has 0 aliphatic heterocycles. The highest BCUT2D eigenvalue weighted by atomic mass is 19.1. The lowest BCUT2D eigenvalue weighted by Crippen LogP contribution is -2.27. The van der Waals surface area contributed by atoms with Crippen molar-refractivity contribution in [3.63, 3.8) is 0 Å². The number of hydrogen-bond acceptors (Lipinski definition) is 3. The van der Waals surface area contributed by atoms with Crippen LogP contribution in [0, 0.1) is 11.6 Å². The van der Waals surface area contributed by atoms with Crippen molar-refractivity contribution in [3.8, 4) is 0 Å². The summed E-state index contributed by atoms with van der Waals surface area (Å²) in [5.74, 6) is -3.51. The Morgan fingerprint density at radius 3 is 2.64 bits per heavy atom. The number of carbonyl (C=O) groups excluding carboxylic acids is 2. The first-order valence-electron chi connectivity index (χ1n) is 7.48. The Bertz CT molecular complexity index is 866. The van der Waals surface area contributed by atoms with Crippen molar-refractivity contribution >= 4 is 17.5 Å². The molecule has 6 nitrogen and oxygen atoms in total. The lowest BCUT2D eigenvalue weighted by Gasteiger charge is -2.08. The fourth-order valence-corrected chi connectivity index (χ4v) is 2.36. The molecule has 2 amide bonds. The molecule has 128 valence electrons. The molecule has 1 aromatic heterocycles. The van der Waals surface area contributed by atoms with Gasteiger partial charge < -0.3 is 10.6 Å². The van der Waals surface area contributed by atoms with Gasteiger partial charge >= 0.3 is 0 Å². The first-order valence-corrected chi connectivity index (χ1v) is 7.48. The van der Waals surface area contributed by atoms with E-state index < -0.39 is 29.0 Å². The van der Waals surface area contributed by atoms with E-state index >= 15 is 0 Å². The molecule has 0 fully saturated rings. The maximum atomic E-state index is 13.7. The van der Waals surface area contributed by atoms with Gasteiger partial charge in [-0.1, -0.05) is 24.3 Å². The summed E-state index contributed by atoms with van der Waals surface area (Å²) in [6, 6.07) is 3.11. The van der Waals surface area contributed by atoms with Gasteiger partial charge in [0.25, 0.3) is 11.8 Å². The average molecular weight is 344 g/mol. The van der Waals surface area contributed by atoms with Crippen LogP contribution < -0.4 is 10.6 Å². The van der Waals surface area contributed by atoms with Gasteiger partial charge in [-0.3, -0.25) is 14.7 Å². The van der Waals surface area contributed by atoms with E-state index in [2.05, 4.69) is 20.8 Å². The number of carbonyl (C=O) groups is 2. The number of aromatic nitrogens is 2. The van der Waals surface area contributed by atoms with Crippen LogP contribution in [0.4, 0.5) is 14.5 Å². The maximum Gasteiger partial charge on any atom is 0.274 e. The van der Waals surface area contributed by atoms with Crippen molar-refractivity contribution in [2.75, 3.05) is 11.9 Å². The highest BCUT2D eigenvalue weighted by Crippen LogP contribution is 2.17. The molecule has 1 aliphatic rings. The molecule has 0 atom stereocenters. The van der Waals surface area contributed by atoms with Crippen LogP contribution in [-0.4, -0.2) is 28.6 Å². The predicted molar refractivity (Wildman–Crippen MR) is 87.1 cm³/mol. The zero-order valence-corrected chi connectivity index (χ0v) is 13.0. The quantitative estimate of drug-likeness (QED) is 0.779. The molecule has 0 spiro atoms. The number of nitrogens with zero attached hydrogens (tertiary/aromatic N) is 1. The number of amides is 2. The Labute approximate surface area is 141 Å². The largest absolute Gasteiger partial charge is 0.347 e. The molecular weight excluding hydrogens is 330 g/mol. The second kappa shape index (κ2) is 7.08. The van der Waals surface area contributed by atoms with Crippen LogP contribution in [-0.2, 0) is 0 Å². The predicted octanol–water partition coefficient (Wildman–Crippen LogP) is 2.56. The van der Waals surface area contributed by atoms with E-state index in [1.807, 2.05) is 18.2 Å². The fraction of sp³-hybridized carbons (Fsp3) is 0.118. The molecule has 25 heavy (non-hydrogen) atoms. The summed E-state index contributed by atoms with van der Waals surface area (Å²) < 4.78 is 27.3. The number of anilines is 1. The normalized spacial score (nSPS) is 12.8. The summed E-state index contributed by atoms with van der Waals surface area (Å²) >= 11 is 0. The van der Waals surface area contributed by atoms with Crippen molar-refractivity contribution in [2.24, 2.45) is 0 Å². The number of aromatic amines is 1. The number of H-pyrrole nitrogens is 1. The zero-order chi connectivity index (χ0) is 17.8. The van der Waals surface area contributed by atoms with E-state index in [0.717, 1.165) is 30.2 Å². The summed E-state index contributed by atoms with van der Waals surface area (Å²) in [5, 5.41) is 11.2. The molecule has 0 bridgehead atoms. The van der Waals surface area contributed by atoms with Crippen LogP contribution >= 0.6 is 0 Å². The molecule has 2 aromatic rings. The summed E-state index contributed by atoms with van der Waals surface area (Å²) in [6.07, 6.45) is 7.78. The van der Waals surface area contributed by atoms with E-state index in [1.165, 1.54) is 6.20 Å².